The molecule has 20 heavy (non-hydrogen) atoms. The van der Waals surface area contributed by atoms with Crippen molar-refractivity contribution in [1.82, 2.24) is 4.72 Å². The van der Waals surface area contributed by atoms with Gasteiger partial charge in [-0.05, 0) is 31.0 Å². The third kappa shape index (κ3) is 2.59. The Labute approximate surface area is 119 Å². The first kappa shape index (κ1) is 15.0. The lowest BCUT2D eigenvalue weighted by molar-refractivity contribution is 0.266. The molecule has 0 aliphatic carbocycles. The first-order valence-corrected chi connectivity index (χ1v) is 8.00. The topological polar surface area (TPSA) is 81.4 Å². The van der Waals surface area contributed by atoms with Crippen molar-refractivity contribution in [1.29, 1.82) is 0 Å². The zero-order valence-corrected chi connectivity index (χ0v) is 12.6. The second-order valence-corrected chi connectivity index (χ2v) is 6.66. The molecule has 0 bridgehead atoms. The van der Waals surface area contributed by atoms with E-state index in [-0.39, 0.29) is 17.5 Å². The Hall–Kier alpha value is -1.37. The minimum Gasteiger partial charge on any atom is -0.493 e. The van der Waals surface area contributed by atoms with E-state index in [1.165, 1.54) is 6.08 Å². The van der Waals surface area contributed by atoms with Crippen LogP contribution in [0.1, 0.15) is 29.2 Å². The minimum absolute atomic E-state index is 0.189. The molecule has 1 heterocycles. The van der Waals surface area contributed by atoms with Gasteiger partial charge in [0.05, 0.1) is 11.5 Å². The Morgan fingerprint density at radius 1 is 1.50 bits per heavy atom. The molecule has 110 valence electrons. The van der Waals surface area contributed by atoms with Gasteiger partial charge in [0.1, 0.15) is 5.75 Å². The van der Waals surface area contributed by atoms with Gasteiger partial charge in [-0.3, -0.25) is 0 Å². The largest absolute Gasteiger partial charge is 0.493 e. The van der Waals surface area contributed by atoms with Gasteiger partial charge in [-0.2, -0.15) is 0 Å². The average molecular weight is 296 g/mol. The van der Waals surface area contributed by atoms with Crippen LogP contribution < -0.4 is 15.2 Å². The van der Waals surface area contributed by atoms with Crippen molar-refractivity contribution < 1.29 is 13.2 Å². The summed E-state index contributed by atoms with van der Waals surface area (Å²) in [6, 6.07) is 1.44. The summed E-state index contributed by atoms with van der Waals surface area (Å²) in [4.78, 5) is 0.261. The number of nitrogens with two attached hydrogens (primary N) is 1. The maximum Gasteiger partial charge on any atom is 0.241 e. The van der Waals surface area contributed by atoms with E-state index in [0.29, 0.717) is 18.6 Å². The van der Waals surface area contributed by atoms with E-state index in [9.17, 15) is 8.42 Å². The molecule has 0 amide bonds. The number of rotatable bonds is 4. The van der Waals surface area contributed by atoms with Crippen LogP contribution in [0.2, 0.25) is 0 Å². The molecule has 1 aliphatic rings. The normalized spacial score (nSPS) is 18.2. The molecule has 0 saturated heterocycles. The first-order valence-electron chi connectivity index (χ1n) is 6.51. The summed E-state index contributed by atoms with van der Waals surface area (Å²) in [5.41, 5.74) is 8.35. The summed E-state index contributed by atoms with van der Waals surface area (Å²) in [6.07, 6.45) is 2.20. The molecule has 0 fully saturated rings. The molecule has 0 spiro atoms. The number of ether oxygens (including phenoxy) is 1. The van der Waals surface area contributed by atoms with Crippen molar-refractivity contribution in [3.05, 3.63) is 35.4 Å². The average Bonchev–Trinajstić information content (AvgIpc) is 2.41. The lowest BCUT2D eigenvalue weighted by atomic mass is 9.96. The predicted octanol–water partition coefficient (Wildman–Crippen LogP) is 1.55. The van der Waals surface area contributed by atoms with Crippen LogP contribution in [0.5, 0.6) is 5.75 Å². The van der Waals surface area contributed by atoms with Crippen LogP contribution in [0, 0.1) is 13.8 Å². The van der Waals surface area contributed by atoms with Crippen LogP contribution in [0.4, 0.5) is 0 Å². The van der Waals surface area contributed by atoms with Crippen LogP contribution >= 0.6 is 0 Å². The summed E-state index contributed by atoms with van der Waals surface area (Å²) >= 11 is 0. The van der Waals surface area contributed by atoms with Crippen molar-refractivity contribution >= 4 is 10.0 Å². The number of hydrogen-bond donors (Lipinski definition) is 2. The molecule has 6 heteroatoms. The summed E-state index contributed by atoms with van der Waals surface area (Å²) in [6.45, 7) is 7.91. The van der Waals surface area contributed by atoms with Crippen molar-refractivity contribution in [2.24, 2.45) is 5.73 Å². The zero-order valence-electron chi connectivity index (χ0n) is 11.8. The number of fused-ring (bicyclic) bond motifs is 1. The van der Waals surface area contributed by atoms with Gasteiger partial charge in [-0.25, -0.2) is 13.1 Å². The first-order chi connectivity index (χ1) is 9.38. The SMILES string of the molecule is C=CCNS(=O)(=O)c1cc2c(c(C)c1C)OCCC2N. The van der Waals surface area contributed by atoms with E-state index in [0.717, 1.165) is 16.9 Å². The number of sulfonamides is 1. The Morgan fingerprint density at radius 2 is 2.20 bits per heavy atom. The van der Waals surface area contributed by atoms with Gasteiger partial charge in [0.25, 0.3) is 0 Å². The second kappa shape index (κ2) is 5.55. The lowest BCUT2D eigenvalue weighted by Crippen LogP contribution is -2.27. The maximum atomic E-state index is 12.3. The Bertz CT molecular complexity index is 638. The van der Waals surface area contributed by atoms with Crippen LogP contribution in [0.25, 0.3) is 0 Å². The zero-order chi connectivity index (χ0) is 14.9. The molecule has 5 nitrogen and oxygen atoms in total. The molecule has 1 aromatic rings. The van der Waals surface area contributed by atoms with Crippen LogP contribution in [-0.2, 0) is 10.0 Å². The Kier molecular flexibility index (Phi) is 4.17. The fourth-order valence-electron chi connectivity index (χ4n) is 2.32. The van der Waals surface area contributed by atoms with Gasteiger partial charge in [0.15, 0.2) is 0 Å². The van der Waals surface area contributed by atoms with E-state index in [4.69, 9.17) is 10.5 Å². The van der Waals surface area contributed by atoms with Gasteiger partial charge in [0, 0.05) is 24.6 Å². The van der Waals surface area contributed by atoms with Crippen LogP contribution in [0.3, 0.4) is 0 Å². The van der Waals surface area contributed by atoms with Gasteiger partial charge in [-0.1, -0.05) is 6.08 Å². The highest BCUT2D eigenvalue weighted by molar-refractivity contribution is 7.89. The van der Waals surface area contributed by atoms with Crippen LogP contribution in [0.15, 0.2) is 23.6 Å². The van der Waals surface area contributed by atoms with Crippen molar-refractivity contribution in [2.45, 2.75) is 31.2 Å². The van der Waals surface area contributed by atoms with E-state index in [1.54, 1.807) is 13.0 Å². The highest BCUT2D eigenvalue weighted by Crippen LogP contribution is 2.38. The third-order valence-electron chi connectivity index (χ3n) is 3.60. The fourth-order valence-corrected chi connectivity index (χ4v) is 3.65. The van der Waals surface area contributed by atoms with E-state index in [1.807, 2.05) is 6.92 Å². The predicted molar refractivity (Wildman–Crippen MR) is 78.3 cm³/mol. The molecule has 1 aliphatic heterocycles. The number of nitrogens with one attached hydrogen (secondary N) is 1. The summed E-state index contributed by atoms with van der Waals surface area (Å²) in [5, 5.41) is 0. The molecular formula is C14H20N2O3S. The third-order valence-corrected chi connectivity index (χ3v) is 5.15. The van der Waals surface area contributed by atoms with E-state index < -0.39 is 10.0 Å². The maximum absolute atomic E-state index is 12.3. The molecule has 0 saturated carbocycles. The van der Waals surface area contributed by atoms with Crippen molar-refractivity contribution in [3.63, 3.8) is 0 Å². The second-order valence-electron chi connectivity index (χ2n) is 4.93. The quantitative estimate of drug-likeness (QED) is 0.826. The van der Waals surface area contributed by atoms with E-state index in [2.05, 4.69) is 11.3 Å². The summed E-state index contributed by atoms with van der Waals surface area (Å²) < 4.78 is 32.8. The molecule has 3 N–H and O–H groups in total. The smallest absolute Gasteiger partial charge is 0.241 e. The highest BCUT2D eigenvalue weighted by Gasteiger charge is 2.26. The molecule has 2 rings (SSSR count). The van der Waals surface area contributed by atoms with Gasteiger partial charge >= 0.3 is 0 Å². The molecule has 0 aromatic heterocycles. The number of benzene rings is 1. The molecule has 0 radical (unpaired) electrons. The summed E-state index contributed by atoms with van der Waals surface area (Å²) in [7, 11) is -3.56. The molecule has 1 atom stereocenters. The van der Waals surface area contributed by atoms with Crippen molar-refractivity contribution in [2.75, 3.05) is 13.2 Å². The van der Waals surface area contributed by atoms with Gasteiger partial charge in [0.2, 0.25) is 10.0 Å². The molecule has 1 unspecified atom stereocenters. The van der Waals surface area contributed by atoms with Crippen LogP contribution in [-0.4, -0.2) is 21.6 Å². The number of hydrogen-bond acceptors (Lipinski definition) is 4. The van der Waals surface area contributed by atoms with Gasteiger partial charge < -0.3 is 10.5 Å². The van der Waals surface area contributed by atoms with E-state index >= 15 is 0 Å². The standard InChI is InChI=1S/C14H20N2O3S/c1-4-6-16-20(17,18)13-8-11-12(15)5-7-19-14(11)10(3)9(13)2/h4,8,12,16H,1,5-7,15H2,2-3H3. The minimum atomic E-state index is -3.56. The van der Waals surface area contributed by atoms with Crippen molar-refractivity contribution in [3.8, 4) is 5.75 Å². The Morgan fingerprint density at radius 3 is 2.85 bits per heavy atom. The summed E-state index contributed by atoms with van der Waals surface area (Å²) in [5.74, 6) is 0.726. The lowest BCUT2D eigenvalue weighted by Gasteiger charge is -2.26. The molecule has 1 aromatic carbocycles. The molecular weight excluding hydrogens is 276 g/mol. The van der Waals surface area contributed by atoms with Gasteiger partial charge in [-0.15, -0.1) is 6.58 Å². The monoisotopic (exact) mass is 296 g/mol. The fraction of sp³-hybridized carbons (Fsp3) is 0.429. The Balaban J connectivity index is 2.58. The highest BCUT2D eigenvalue weighted by atomic mass is 32.2.